The summed E-state index contributed by atoms with van der Waals surface area (Å²) in [6.07, 6.45) is 3.26. The molecule has 2 aromatic rings. The second-order valence-electron chi connectivity index (χ2n) is 3.70. The van der Waals surface area contributed by atoms with Crippen LogP contribution in [-0.4, -0.2) is 19.7 Å². The van der Waals surface area contributed by atoms with Crippen LogP contribution in [0.25, 0.3) is 5.95 Å². The van der Waals surface area contributed by atoms with Gasteiger partial charge < -0.3 is 5.73 Å². The summed E-state index contributed by atoms with van der Waals surface area (Å²) >= 11 is 6.09. The lowest BCUT2D eigenvalue weighted by atomic mass is 10.1. The minimum atomic E-state index is 0.208. The van der Waals surface area contributed by atoms with Crippen LogP contribution in [0.1, 0.15) is 25.5 Å². The van der Waals surface area contributed by atoms with Gasteiger partial charge in [0.2, 0.25) is 0 Å². The van der Waals surface area contributed by atoms with Gasteiger partial charge in [-0.2, -0.15) is 9.78 Å². The molecule has 0 saturated carbocycles. The molecule has 0 aliphatic heterocycles. The maximum absolute atomic E-state index is 6.09. The van der Waals surface area contributed by atoms with E-state index in [9.17, 15) is 0 Å². The van der Waals surface area contributed by atoms with E-state index >= 15 is 0 Å². The first kappa shape index (κ1) is 10.9. The Labute approximate surface area is 98.3 Å². The van der Waals surface area contributed by atoms with Gasteiger partial charge in [-0.05, 0) is 12.0 Å². The topological polar surface area (TPSA) is 69.6 Å². The highest BCUT2D eigenvalue weighted by atomic mass is 35.5. The Morgan fingerprint density at radius 3 is 2.44 bits per heavy atom. The highest BCUT2D eigenvalue weighted by Gasteiger charge is 2.18. The van der Waals surface area contributed by atoms with E-state index in [1.165, 1.54) is 4.68 Å². The lowest BCUT2D eigenvalue weighted by Crippen LogP contribution is -2.06. The van der Waals surface area contributed by atoms with Gasteiger partial charge in [-0.15, -0.1) is 0 Å². The molecule has 0 spiro atoms. The van der Waals surface area contributed by atoms with E-state index in [2.05, 4.69) is 15.1 Å². The summed E-state index contributed by atoms with van der Waals surface area (Å²) in [6.45, 7) is 4.01. The van der Waals surface area contributed by atoms with Crippen molar-refractivity contribution >= 4 is 17.4 Å². The maximum Gasteiger partial charge on any atom is 0.252 e. The molecule has 6 heteroatoms. The van der Waals surface area contributed by atoms with Crippen molar-refractivity contribution in [1.82, 2.24) is 19.7 Å². The fourth-order valence-electron chi connectivity index (χ4n) is 1.35. The van der Waals surface area contributed by atoms with Crippen molar-refractivity contribution in [2.24, 2.45) is 0 Å². The summed E-state index contributed by atoms with van der Waals surface area (Å²) in [5.74, 6) is 1.00. The minimum absolute atomic E-state index is 0.208. The van der Waals surface area contributed by atoms with E-state index in [1.807, 2.05) is 13.8 Å². The monoisotopic (exact) mass is 237 g/mol. The van der Waals surface area contributed by atoms with Crippen LogP contribution in [0.4, 0.5) is 5.82 Å². The number of hydrogen-bond acceptors (Lipinski definition) is 4. The minimum Gasteiger partial charge on any atom is -0.382 e. The molecule has 0 aliphatic rings. The van der Waals surface area contributed by atoms with Crippen LogP contribution >= 0.6 is 11.6 Å². The predicted molar refractivity (Wildman–Crippen MR) is 62.7 cm³/mol. The lowest BCUT2D eigenvalue weighted by Gasteiger charge is -2.00. The molecule has 0 bridgehead atoms. The average molecular weight is 238 g/mol. The van der Waals surface area contributed by atoms with Gasteiger partial charge in [0, 0.05) is 12.4 Å². The Morgan fingerprint density at radius 1 is 1.31 bits per heavy atom. The molecule has 2 rings (SSSR count). The van der Waals surface area contributed by atoms with Gasteiger partial charge in [-0.1, -0.05) is 25.4 Å². The number of nitrogens with zero attached hydrogens (tertiary/aromatic N) is 4. The SMILES string of the molecule is CC(C)c1nn(-c2ncccn2)c(N)c1Cl. The van der Waals surface area contributed by atoms with Gasteiger partial charge in [-0.3, -0.25) is 0 Å². The number of halogens is 1. The van der Waals surface area contributed by atoms with Gasteiger partial charge in [0.05, 0.1) is 5.69 Å². The molecule has 2 N–H and O–H groups in total. The summed E-state index contributed by atoms with van der Waals surface area (Å²) in [7, 11) is 0. The molecule has 0 atom stereocenters. The van der Waals surface area contributed by atoms with E-state index in [0.717, 1.165) is 5.69 Å². The number of aromatic nitrogens is 4. The smallest absolute Gasteiger partial charge is 0.252 e. The molecule has 0 unspecified atom stereocenters. The fourth-order valence-corrected chi connectivity index (χ4v) is 1.69. The Bertz CT molecular complexity index is 491. The largest absolute Gasteiger partial charge is 0.382 e. The van der Waals surface area contributed by atoms with Crippen LogP contribution in [-0.2, 0) is 0 Å². The molecule has 84 valence electrons. The Balaban J connectivity index is 2.55. The van der Waals surface area contributed by atoms with Crippen LogP contribution in [0, 0.1) is 0 Å². The second-order valence-corrected chi connectivity index (χ2v) is 4.08. The van der Waals surface area contributed by atoms with Gasteiger partial charge in [-0.25, -0.2) is 9.97 Å². The van der Waals surface area contributed by atoms with Crippen molar-refractivity contribution in [1.29, 1.82) is 0 Å². The summed E-state index contributed by atoms with van der Waals surface area (Å²) < 4.78 is 1.46. The lowest BCUT2D eigenvalue weighted by molar-refractivity contribution is 0.746. The van der Waals surface area contributed by atoms with Crippen molar-refractivity contribution in [3.63, 3.8) is 0 Å². The highest BCUT2D eigenvalue weighted by Crippen LogP contribution is 2.29. The van der Waals surface area contributed by atoms with Crippen molar-refractivity contribution in [3.05, 3.63) is 29.2 Å². The first-order valence-corrected chi connectivity index (χ1v) is 5.30. The second kappa shape index (κ2) is 4.09. The van der Waals surface area contributed by atoms with Crippen molar-refractivity contribution < 1.29 is 0 Å². The number of hydrogen-bond donors (Lipinski definition) is 1. The molecule has 0 aliphatic carbocycles. The van der Waals surface area contributed by atoms with Crippen LogP contribution in [0.2, 0.25) is 5.02 Å². The van der Waals surface area contributed by atoms with E-state index in [0.29, 0.717) is 16.8 Å². The zero-order valence-corrected chi connectivity index (χ0v) is 9.81. The van der Waals surface area contributed by atoms with Crippen LogP contribution in [0.5, 0.6) is 0 Å². The fraction of sp³-hybridized carbons (Fsp3) is 0.300. The van der Waals surface area contributed by atoms with Crippen molar-refractivity contribution in [2.45, 2.75) is 19.8 Å². The molecule has 5 nitrogen and oxygen atoms in total. The van der Waals surface area contributed by atoms with Crippen molar-refractivity contribution in [2.75, 3.05) is 5.73 Å². The molecular weight excluding hydrogens is 226 g/mol. The highest BCUT2D eigenvalue weighted by molar-refractivity contribution is 6.33. The molecular formula is C10H12ClN5. The molecule has 16 heavy (non-hydrogen) atoms. The first-order chi connectivity index (χ1) is 7.61. The van der Waals surface area contributed by atoms with Gasteiger partial charge in [0.15, 0.2) is 0 Å². The molecule has 0 saturated heterocycles. The van der Waals surface area contributed by atoms with E-state index < -0.39 is 0 Å². The molecule has 0 radical (unpaired) electrons. The van der Waals surface area contributed by atoms with E-state index in [-0.39, 0.29) is 5.92 Å². The Hall–Kier alpha value is -1.62. The van der Waals surface area contributed by atoms with Crippen molar-refractivity contribution in [3.8, 4) is 5.95 Å². The normalized spacial score (nSPS) is 11.0. The third-order valence-electron chi connectivity index (χ3n) is 2.17. The van der Waals surface area contributed by atoms with E-state index in [4.69, 9.17) is 17.3 Å². The summed E-state index contributed by atoms with van der Waals surface area (Å²) in [6, 6.07) is 1.73. The molecule has 2 aromatic heterocycles. The zero-order chi connectivity index (χ0) is 11.7. The Kier molecular flexibility index (Phi) is 2.78. The molecule has 0 aromatic carbocycles. The summed E-state index contributed by atoms with van der Waals surface area (Å²) in [4.78, 5) is 8.15. The van der Waals surface area contributed by atoms with Crippen LogP contribution in [0.3, 0.4) is 0 Å². The number of nitrogen functional groups attached to an aromatic ring is 1. The Morgan fingerprint density at radius 2 is 1.94 bits per heavy atom. The van der Waals surface area contributed by atoms with Crippen LogP contribution in [0.15, 0.2) is 18.5 Å². The molecule has 0 amide bonds. The quantitative estimate of drug-likeness (QED) is 0.868. The van der Waals surface area contributed by atoms with Gasteiger partial charge >= 0.3 is 0 Å². The van der Waals surface area contributed by atoms with Crippen LogP contribution < -0.4 is 5.73 Å². The third kappa shape index (κ3) is 1.74. The predicted octanol–water partition coefficient (Wildman–Crippen LogP) is 2.02. The number of nitrogens with two attached hydrogens (primary N) is 1. The molecule has 0 fully saturated rings. The third-order valence-corrected chi connectivity index (χ3v) is 2.56. The summed E-state index contributed by atoms with van der Waals surface area (Å²) in [5, 5.41) is 4.79. The standard InChI is InChI=1S/C10H12ClN5/c1-6(2)8-7(11)9(12)16(15-8)10-13-4-3-5-14-10/h3-6H,12H2,1-2H3. The van der Waals surface area contributed by atoms with Gasteiger partial charge in [0.25, 0.3) is 5.95 Å². The van der Waals surface area contributed by atoms with Gasteiger partial charge in [0.1, 0.15) is 10.8 Å². The summed E-state index contributed by atoms with van der Waals surface area (Å²) in [5.41, 5.74) is 6.62. The molecule has 2 heterocycles. The average Bonchev–Trinajstić information content (AvgIpc) is 2.58. The number of rotatable bonds is 2. The number of anilines is 1. The first-order valence-electron chi connectivity index (χ1n) is 4.92. The maximum atomic E-state index is 6.09. The van der Waals surface area contributed by atoms with E-state index in [1.54, 1.807) is 18.5 Å². The zero-order valence-electron chi connectivity index (χ0n) is 9.05.